The molecule has 0 saturated carbocycles. The minimum Gasteiger partial charge on any atom is -0.497 e. The van der Waals surface area contributed by atoms with Gasteiger partial charge in [-0.3, -0.25) is 4.79 Å². The van der Waals surface area contributed by atoms with Crippen molar-refractivity contribution in [3.8, 4) is 5.75 Å². The predicted molar refractivity (Wildman–Crippen MR) is 88.7 cm³/mol. The van der Waals surface area contributed by atoms with E-state index >= 15 is 0 Å². The second kappa shape index (κ2) is 5.72. The maximum absolute atomic E-state index is 12.0. The summed E-state index contributed by atoms with van der Waals surface area (Å²) in [7, 11) is 1.62. The lowest BCUT2D eigenvalue weighted by atomic mass is 10.1. The second-order valence-electron chi connectivity index (χ2n) is 4.35. The first-order valence-electron chi connectivity index (χ1n) is 6.20. The van der Waals surface area contributed by atoms with Gasteiger partial charge in [0.25, 0.3) is 5.91 Å². The molecule has 0 fully saturated rings. The lowest BCUT2D eigenvalue weighted by Crippen LogP contribution is -2.18. The van der Waals surface area contributed by atoms with Gasteiger partial charge in [-0.25, -0.2) is 10.3 Å². The zero-order valence-corrected chi connectivity index (χ0v) is 13.3. The average molecular weight is 392 g/mol. The molecule has 21 heavy (non-hydrogen) atoms. The van der Waals surface area contributed by atoms with Gasteiger partial charge in [0, 0.05) is 27.2 Å². The average Bonchev–Trinajstić information content (AvgIpc) is 2.51. The van der Waals surface area contributed by atoms with E-state index in [4.69, 9.17) is 4.74 Å². The Hall–Kier alpha value is -2.09. The maximum Gasteiger partial charge on any atom is 0.281 e. The van der Waals surface area contributed by atoms with E-state index < -0.39 is 0 Å². The Morgan fingerprint density at radius 1 is 1.24 bits per heavy atom. The summed E-state index contributed by atoms with van der Waals surface area (Å²) in [5.74, 6) is 0.996. The molecule has 0 aliphatic carbocycles. The number of rotatable bonds is 3. The molecule has 0 unspecified atom stereocenters. The second-order valence-corrected chi connectivity index (χ2v) is 5.51. The van der Waals surface area contributed by atoms with Crippen LogP contribution in [0.25, 0.3) is 6.08 Å². The smallest absolute Gasteiger partial charge is 0.281 e. The van der Waals surface area contributed by atoms with Crippen LogP contribution >= 0.6 is 22.6 Å². The van der Waals surface area contributed by atoms with Crippen LogP contribution in [0.4, 0.5) is 11.5 Å². The van der Waals surface area contributed by atoms with Crippen LogP contribution in [0.15, 0.2) is 36.7 Å². The van der Waals surface area contributed by atoms with Crippen molar-refractivity contribution in [3.05, 3.63) is 51.4 Å². The summed E-state index contributed by atoms with van der Waals surface area (Å²) in [5, 5.41) is 6.98. The Kier molecular flexibility index (Phi) is 3.78. The minimum absolute atomic E-state index is 0.283. The molecule has 105 valence electrons. The molecule has 1 aliphatic heterocycles. The number of fused-ring (bicyclic) bond motifs is 1. The highest BCUT2D eigenvalue weighted by Crippen LogP contribution is 2.29. The van der Waals surface area contributed by atoms with Crippen LogP contribution < -0.4 is 15.4 Å². The number of aromatic nitrogens is 1. The van der Waals surface area contributed by atoms with E-state index in [1.807, 2.05) is 30.3 Å². The van der Waals surface area contributed by atoms with Crippen molar-refractivity contribution in [2.75, 3.05) is 12.4 Å². The van der Waals surface area contributed by atoms with Gasteiger partial charge in [0.05, 0.1) is 12.7 Å². The molecular weight excluding hydrogens is 381 g/mol. The number of methoxy groups -OCH3 is 1. The van der Waals surface area contributed by atoms with E-state index in [0.717, 1.165) is 20.6 Å². The number of nitrogens with one attached hydrogen (secondary N) is 1. The summed E-state index contributed by atoms with van der Waals surface area (Å²) in [6.07, 6.45) is 5.07. The first kappa shape index (κ1) is 13.9. The largest absolute Gasteiger partial charge is 0.497 e. The van der Waals surface area contributed by atoms with E-state index in [1.165, 1.54) is 6.20 Å². The van der Waals surface area contributed by atoms with E-state index in [2.05, 4.69) is 38.2 Å². The number of anilines is 2. The first-order chi connectivity index (χ1) is 10.2. The van der Waals surface area contributed by atoms with Crippen molar-refractivity contribution < 1.29 is 9.53 Å². The summed E-state index contributed by atoms with van der Waals surface area (Å²) in [5.41, 5.74) is 2.18. The Labute approximate surface area is 135 Å². The van der Waals surface area contributed by atoms with Crippen LogP contribution in [-0.2, 0) is 0 Å². The predicted octanol–water partition coefficient (Wildman–Crippen LogP) is 3.17. The van der Waals surface area contributed by atoms with Gasteiger partial charge in [-0.1, -0.05) is 0 Å². The molecule has 2 heterocycles. The lowest BCUT2D eigenvalue weighted by Gasteiger charge is -2.16. The molecule has 1 aromatic carbocycles. The zero-order valence-electron chi connectivity index (χ0n) is 11.1. The molecule has 1 N–H and O–H groups in total. The van der Waals surface area contributed by atoms with Crippen molar-refractivity contribution in [1.82, 2.24) is 10.3 Å². The molecule has 1 radical (unpaired) electrons. The quantitative estimate of drug-likeness (QED) is 0.816. The maximum atomic E-state index is 12.0. The van der Waals surface area contributed by atoms with Gasteiger partial charge in [-0.2, -0.15) is 0 Å². The van der Waals surface area contributed by atoms with Crippen molar-refractivity contribution in [2.45, 2.75) is 0 Å². The molecule has 1 aliphatic rings. The topological polar surface area (TPSA) is 65.3 Å². The molecule has 2 aromatic rings. The van der Waals surface area contributed by atoms with E-state index in [-0.39, 0.29) is 5.91 Å². The van der Waals surface area contributed by atoms with Gasteiger partial charge < -0.3 is 10.1 Å². The number of hydrogen-bond donors (Lipinski definition) is 1. The first-order valence-corrected chi connectivity index (χ1v) is 7.28. The monoisotopic (exact) mass is 392 g/mol. The highest BCUT2D eigenvalue weighted by molar-refractivity contribution is 14.1. The SMILES string of the molecule is COc1ccc(Nc2ncc(I)c3c2C(=O)[N]C=C3)cc1. The molecule has 0 bridgehead atoms. The standard InChI is InChI=1S/C15H11IN3O2/c1-21-10-4-2-9(3-5-10)19-14-13-11(12(16)8-18-14)6-7-17-15(13)20/h2-8H,1H3,(H,18,19). The fourth-order valence-electron chi connectivity index (χ4n) is 2.03. The normalized spacial score (nSPS) is 12.6. The highest BCUT2D eigenvalue weighted by Gasteiger charge is 2.22. The van der Waals surface area contributed by atoms with Crippen LogP contribution in [0, 0.1) is 3.57 Å². The third-order valence-electron chi connectivity index (χ3n) is 3.07. The Morgan fingerprint density at radius 2 is 2.00 bits per heavy atom. The van der Waals surface area contributed by atoms with Crippen molar-refractivity contribution >= 4 is 46.1 Å². The summed E-state index contributed by atoms with van der Waals surface area (Å²) >= 11 is 2.16. The lowest BCUT2D eigenvalue weighted by molar-refractivity contribution is 0.0965. The van der Waals surface area contributed by atoms with E-state index in [0.29, 0.717) is 11.4 Å². The molecular formula is C15H11IN3O2. The van der Waals surface area contributed by atoms with Gasteiger partial charge in [-0.15, -0.1) is 0 Å². The van der Waals surface area contributed by atoms with Crippen LogP contribution in [0.5, 0.6) is 5.75 Å². The fraction of sp³-hybridized carbons (Fsp3) is 0.0667. The van der Waals surface area contributed by atoms with Gasteiger partial charge in [0.2, 0.25) is 0 Å². The van der Waals surface area contributed by atoms with Crippen molar-refractivity contribution in [1.29, 1.82) is 0 Å². The summed E-state index contributed by atoms with van der Waals surface area (Å²) in [4.78, 5) is 16.3. The number of amides is 1. The van der Waals surface area contributed by atoms with Gasteiger partial charge in [-0.05, 0) is 52.9 Å². The van der Waals surface area contributed by atoms with E-state index in [1.54, 1.807) is 13.3 Å². The number of benzene rings is 1. The number of carbonyl (C=O) groups is 1. The number of nitrogens with zero attached hydrogens (tertiary/aromatic N) is 2. The molecule has 6 heteroatoms. The van der Waals surface area contributed by atoms with Gasteiger partial charge in [0.15, 0.2) is 0 Å². The number of halogens is 1. The fourth-order valence-corrected chi connectivity index (χ4v) is 2.62. The van der Waals surface area contributed by atoms with Crippen LogP contribution in [0.1, 0.15) is 15.9 Å². The molecule has 0 spiro atoms. The van der Waals surface area contributed by atoms with Crippen LogP contribution in [0.2, 0.25) is 0 Å². The van der Waals surface area contributed by atoms with Crippen LogP contribution in [-0.4, -0.2) is 18.0 Å². The molecule has 5 nitrogen and oxygen atoms in total. The highest BCUT2D eigenvalue weighted by atomic mass is 127. The molecule has 0 saturated heterocycles. The third-order valence-corrected chi connectivity index (χ3v) is 3.93. The third kappa shape index (κ3) is 2.71. The number of carbonyl (C=O) groups excluding carboxylic acids is 1. The molecule has 1 amide bonds. The summed E-state index contributed by atoms with van der Waals surface area (Å²) in [6, 6.07) is 7.41. The van der Waals surface area contributed by atoms with Gasteiger partial charge >= 0.3 is 0 Å². The number of pyridine rings is 1. The van der Waals surface area contributed by atoms with Crippen LogP contribution in [0.3, 0.4) is 0 Å². The number of ether oxygens (including phenoxy) is 1. The van der Waals surface area contributed by atoms with Gasteiger partial charge in [0.1, 0.15) is 11.6 Å². The summed E-state index contributed by atoms with van der Waals surface area (Å²) < 4.78 is 6.04. The number of hydrogen-bond acceptors (Lipinski definition) is 4. The molecule has 3 rings (SSSR count). The Balaban J connectivity index is 1.99. The van der Waals surface area contributed by atoms with Crippen molar-refractivity contribution in [3.63, 3.8) is 0 Å². The summed E-state index contributed by atoms with van der Waals surface area (Å²) in [6.45, 7) is 0. The minimum atomic E-state index is -0.283. The van der Waals surface area contributed by atoms with Crippen molar-refractivity contribution in [2.24, 2.45) is 0 Å². The zero-order chi connectivity index (χ0) is 14.8. The molecule has 1 aromatic heterocycles. The Bertz CT molecular complexity index is 726. The van der Waals surface area contributed by atoms with E-state index in [9.17, 15) is 4.79 Å². The Morgan fingerprint density at radius 3 is 2.71 bits per heavy atom. The molecule has 0 atom stereocenters.